The third-order valence-corrected chi connectivity index (χ3v) is 4.66. The molecule has 0 fully saturated rings. The Balaban J connectivity index is 2.97. The molecule has 0 aliphatic heterocycles. The van der Waals surface area contributed by atoms with Gasteiger partial charge >= 0.3 is 0 Å². The van der Waals surface area contributed by atoms with Crippen molar-refractivity contribution in [2.24, 2.45) is 5.92 Å². The van der Waals surface area contributed by atoms with E-state index in [9.17, 15) is 10.1 Å². The summed E-state index contributed by atoms with van der Waals surface area (Å²) in [6.07, 6.45) is 1.23. The van der Waals surface area contributed by atoms with Crippen LogP contribution in [0, 0.1) is 27.7 Å². The maximum Gasteiger partial charge on any atom is 0.225 e. The molecule has 0 aromatic heterocycles. The van der Waals surface area contributed by atoms with Crippen LogP contribution in [-0.4, -0.2) is 11.4 Å². The van der Waals surface area contributed by atoms with Crippen molar-refractivity contribution in [1.29, 1.82) is 5.26 Å². The fourth-order valence-corrected chi connectivity index (χ4v) is 3.05. The lowest BCUT2D eigenvalue weighted by Crippen LogP contribution is -2.49. The zero-order valence-corrected chi connectivity index (χ0v) is 15.5. The maximum absolute atomic E-state index is 12.3. The number of hydrogen-bond acceptors (Lipinski definition) is 2. The van der Waals surface area contributed by atoms with Gasteiger partial charge < -0.3 is 5.32 Å². The predicted molar refractivity (Wildman–Crippen MR) is 94.0 cm³/mol. The van der Waals surface area contributed by atoms with E-state index >= 15 is 0 Å². The van der Waals surface area contributed by atoms with E-state index in [4.69, 9.17) is 0 Å². The van der Waals surface area contributed by atoms with Gasteiger partial charge in [0.1, 0.15) is 5.54 Å². The second kappa shape index (κ2) is 7.26. The second-order valence-corrected chi connectivity index (χ2v) is 7.15. The zero-order valence-electron chi connectivity index (χ0n) is 13.4. The lowest BCUT2D eigenvalue weighted by molar-refractivity contribution is -0.122. The number of halogens is 1. The Morgan fingerprint density at radius 3 is 2.57 bits per heavy atom. The average Bonchev–Trinajstić information content (AvgIpc) is 2.40. The summed E-state index contributed by atoms with van der Waals surface area (Å²) in [5.41, 5.74) is 2.61. The highest BCUT2D eigenvalue weighted by molar-refractivity contribution is 14.1. The maximum atomic E-state index is 12.3. The van der Waals surface area contributed by atoms with Gasteiger partial charge in [-0.2, -0.15) is 5.26 Å². The molecule has 0 saturated carbocycles. The number of carbonyl (C=O) groups excluding carboxylic acids is 1. The normalized spacial score (nSPS) is 13.6. The Kier molecular flexibility index (Phi) is 6.21. The number of benzene rings is 1. The number of amides is 1. The summed E-state index contributed by atoms with van der Waals surface area (Å²) in [5.74, 6) is -0.0262. The van der Waals surface area contributed by atoms with E-state index in [2.05, 4.69) is 53.0 Å². The van der Waals surface area contributed by atoms with E-state index < -0.39 is 5.54 Å². The van der Waals surface area contributed by atoms with Gasteiger partial charge in [0, 0.05) is 3.57 Å². The molecular formula is C17H23IN2O. The molecule has 0 aliphatic rings. The molecule has 0 saturated heterocycles. The minimum atomic E-state index is -0.819. The molecule has 1 N–H and O–H groups in total. The second-order valence-electron chi connectivity index (χ2n) is 5.91. The van der Waals surface area contributed by atoms with Crippen molar-refractivity contribution in [1.82, 2.24) is 5.32 Å². The summed E-state index contributed by atoms with van der Waals surface area (Å²) in [7, 11) is 0. The minimum absolute atomic E-state index is 0.0647. The zero-order chi connectivity index (χ0) is 16.2. The largest absolute Gasteiger partial charge is 0.338 e. The van der Waals surface area contributed by atoms with E-state index in [1.165, 1.54) is 9.13 Å². The van der Waals surface area contributed by atoms with Gasteiger partial charge in [-0.3, -0.25) is 4.79 Å². The van der Waals surface area contributed by atoms with Gasteiger partial charge in [-0.25, -0.2) is 0 Å². The molecule has 0 aliphatic carbocycles. The lowest BCUT2D eigenvalue weighted by Gasteiger charge is -2.27. The van der Waals surface area contributed by atoms with Crippen molar-refractivity contribution in [2.45, 2.75) is 53.0 Å². The number of hydrogen-bond donors (Lipinski definition) is 1. The predicted octanol–water partition coefficient (Wildman–Crippen LogP) is 3.76. The van der Waals surface area contributed by atoms with Crippen LogP contribution in [0.2, 0.25) is 0 Å². The van der Waals surface area contributed by atoms with Crippen LogP contribution in [0.15, 0.2) is 12.1 Å². The molecule has 4 heteroatoms. The Labute approximate surface area is 141 Å². The summed E-state index contributed by atoms with van der Waals surface area (Å²) in [6.45, 7) is 9.79. The molecule has 1 atom stereocenters. The number of rotatable bonds is 5. The first-order valence-electron chi connectivity index (χ1n) is 7.23. The molecule has 21 heavy (non-hydrogen) atoms. The third-order valence-electron chi connectivity index (χ3n) is 4.03. The van der Waals surface area contributed by atoms with E-state index in [1.807, 2.05) is 20.8 Å². The van der Waals surface area contributed by atoms with Crippen LogP contribution in [0.25, 0.3) is 0 Å². The molecule has 1 aromatic carbocycles. The van der Waals surface area contributed by atoms with E-state index in [1.54, 1.807) is 6.92 Å². The van der Waals surface area contributed by atoms with Crippen molar-refractivity contribution < 1.29 is 4.79 Å². The highest BCUT2D eigenvalue weighted by Gasteiger charge is 2.30. The summed E-state index contributed by atoms with van der Waals surface area (Å²) < 4.78 is 1.19. The van der Waals surface area contributed by atoms with Gasteiger partial charge in [0.2, 0.25) is 5.91 Å². The highest BCUT2D eigenvalue weighted by Crippen LogP contribution is 2.21. The summed E-state index contributed by atoms with van der Waals surface area (Å²) in [4.78, 5) is 12.3. The molecular weight excluding hydrogens is 375 g/mol. The Hall–Kier alpha value is -1.09. The minimum Gasteiger partial charge on any atom is -0.338 e. The molecule has 0 bridgehead atoms. The van der Waals surface area contributed by atoms with Crippen molar-refractivity contribution >= 4 is 28.5 Å². The van der Waals surface area contributed by atoms with Crippen LogP contribution in [0.1, 0.15) is 44.4 Å². The van der Waals surface area contributed by atoms with Crippen LogP contribution in [0.5, 0.6) is 0 Å². The molecule has 0 radical (unpaired) electrons. The quantitative estimate of drug-likeness (QED) is 0.768. The molecule has 3 nitrogen and oxygen atoms in total. The Bertz CT molecular complexity index is 575. The number of aryl methyl sites for hydroxylation is 2. The molecule has 1 amide bonds. The van der Waals surface area contributed by atoms with Crippen LogP contribution in [0.3, 0.4) is 0 Å². The topological polar surface area (TPSA) is 52.9 Å². The lowest BCUT2D eigenvalue weighted by atomic mass is 9.89. The number of nitrogens with zero attached hydrogens (tertiary/aromatic N) is 1. The molecule has 1 unspecified atom stereocenters. The smallest absolute Gasteiger partial charge is 0.225 e. The van der Waals surface area contributed by atoms with E-state index in [0.717, 1.165) is 17.5 Å². The number of nitriles is 1. The molecule has 1 rings (SSSR count). The van der Waals surface area contributed by atoms with Crippen LogP contribution in [0.4, 0.5) is 0 Å². The standard InChI is InChI=1S/C17H23IN2O/c1-6-13-8-14(18)7-12(4)15(13)9-16(21)20-17(5,10-19)11(2)3/h7-8,11H,6,9H2,1-5H3,(H,20,21). The summed E-state index contributed by atoms with van der Waals surface area (Å²) >= 11 is 2.30. The number of carbonyl (C=O) groups is 1. The first-order chi connectivity index (χ1) is 9.73. The van der Waals surface area contributed by atoms with Crippen LogP contribution in [-0.2, 0) is 17.6 Å². The van der Waals surface area contributed by atoms with Gasteiger partial charge in [-0.1, -0.05) is 20.8 Å². The van der Waals surface area contributed by atoms with E-state index in [-0.39, 0.29) is 11.8 Å². The number of nitrogens with one attached hydrogen (secondary N) is 1. The van der Waals surface area contributed by atoms with E-state index in [0.29, 0.717) is 6.42 Å². The van der Waals surface area contributed by atoms with Crippen molar-refractivity contribution in [3.05, 3.63) is 32.4 Å². The highest BCUT2D eigenvalue weighted by atomic mass is 127. The van der Waals surface area contributed by atoms with Gasteiger partial charge in [0.15, 0.2) is 0 Å². The monoisotopic (exact) mass is 398 g/mol. The molecule has 1 aromatic rings. The third kappa shape index (κ3) is 4.44. The Morgan fingerprint density at radius 1 is 1.48 bits per heavy atom. The SMILES string of the molecule is CCc1cc(I)cc(C)c1CC(=O)NC(C)(C#N)C(C)C. The molecule has 0 heterocycles. The van der Waals surface area contributed by atoms with Crippen molar-refractivity contribution in [3.63, 3.8) is 0 Å². The van der Waals surface area contributed by atoms with Gasteiger partial charge in [0.25, 0.3) is 0 Å². The fourth-order valence-electron chi connectivity index (χ4n) is 2.21. The first kappa shape index (κ1) is 18.0. The fraction of sp³-hybridized carbons (Fsp3) is 0.529. The van der Waals surface area contributed by atoms with Gasteiger partial charge in [-0.05, 0) is 77.6 Å². The van der Waals surface area contributed by atoms with Crippen LogP contribution < -0.4 is 5.32 Å². The molecule has 0 spiro atoms. The first-order valence-corrected chi connectivity index (χ1v) is 8.31. The Morgan fingerprint density at radius 2 is 2.10 bits per heavy atom. The van der Waals surface area contributed by atoms with Gasteiger partial charge in [0.05, 0.1) is 12.5 Å². The molecule has 114 valence electrons. The summed E-state index contributed by atoms with van der Waals surface area (Å²) in [5, 5.41) is 12.2. The van der Waals surface area contributed by atoms with Crippen molar-refractivity contribution in [3.8, 4) is 6.07 Å². The van der Waals surface area contributed by atoms with Crippen LogP contribution >= 0.6 is 22.6 Å². The van der Waals surface area contributed by atoms with Crippen molar-refractivity contribution in [2.75, 3.05) is 0 Å². The summed E-state index contributed by atoms with van der Waals surface area (Å²) in [6, 6.07) is 6.43. The average molecular weight is 398 g/mol. The van der Waals surface area contributed by atoms with Gasteiger partial charge in [-0.15, -0.1) is 0 Å².